The smallest absolute Gasteiger partial charge is 0.135 e. The van der Waals surface area contributed by atoms with Crippen LogP contribution < -0.4 is 0 Å². The average Bonchev–Trinajstić information content (AvgIpc) is 1.89. The summed E-state index contributed by atoms with van der Waals surface area (Å²) in [7, 11) is 3.25. The largest absolute Gasteiger partial charge is 0.384 e. The fraction of sp³-hybridized carbons (Fsp3) is 0.800. The minimum Gasteiger partial charge on any atom is -0.384 e. The second-order valence-electron chi connectivity index (χ2n) is 1.31. The fourth-order valence-electron chi connectivity index (χ4n) is 0.297. The Balaban J connectivity index is 2.86. The summed E-state index contributed by atoms with van der Waals surface area (Å²) in [6.07, 6.45) is 2.60. The van der Waals surface area contributed by atoms with Gasteiger partial charge in [0.05, 0.1) is 13.7 Å². The summed E-state index contributed by atoms with van der Waals surface area (Å²) in [5.41, 5.74) is 0. The van der Waals surface area contributed by atoms with E-state index >= 15 is 0 Å². The summed E-state index contributed by atoms with van der Waals surface area (Å²) in [5.74, 6) is 0. The molecule has 0 bridgehead atoms. The molecule has 0 fully saturated rings. The molecule has 0 N–H and O–H groups in total. The van der Waals surface area contributed by atoms with Crippen molar-refractivity contribution in [2.45, 2.75) is 6.42 Å². The monoisotopic (exact) mass is 149 g/mol. The van der Waals surface area contributed by atoms with E-state index in [0.717, 1.165) is 18.6 Å². The predicted molar refractivity (Wildman–Crippen MR) is 39.6 cm³/mol. The maximum Gasteiger partial charge on any atom is 0.135 e. The summed E-state index contributed by atoms with van der Waals surface area (Å²) in [6.45, 7) is 0.716. The summed E-state index contributed by atoms with van der Waals surface area (Å²) >= 11 is 1.07. The van der Waals surface area contributed by atoms with Gasteiger partial charge in [-0.1, -0.05) is 0 Å². The molecule has 3 nitrogen and oxygen atoms in total. The van der Waals surface area contributed by atoms with Crippen LogP contribution in [-0.4, -0.2) is 27.0 Å². The number of rotatable bonds is 5. The lowest BCUT2D eigenvalue weighted by Crippen LogP contribution is -1.87. The van der Waals surface area contributed by atoms with Crippen LogP contribution in [0.2, 0.25) is 0 Å². The lowest BCUT2D eigenvalue weighted by atomic mass is 10.5. The van der Waals surface area contributed by atoms with Crippen LogP contribution in [0.15, 0.2) is 4.40 Å². The molecule has 54 valence electrons. The zero-order valence-electron chi connectivity index (χ0n) is 5.66. The Morgan fingerprint density at radius 1 is 1.56 bits per heavy atom. The third-order valence-electron chi connectivity index (χ3n) is 0.643. The van der Waals surface area contributed by atoms with Gasteiger partial charge in [0.15, 0.2) is 0 Å². The molecule has 0 amide bonds. The van der Waals surface area contributed by atoms with Crippen molar-refractivity contribution in [3.05, 3.63) is 0 Å². The highest BCUT2D eigenvalue weighted by Gasteiger charge is 1.77. The van der Waals surface area contributed by atoms with Gasteiger partial charge in [0, 0.05) is 19.7 Å². The highest BCUT2D eigenvalue weighted by atomic mass is 32.2. The van der Waals surface area contributed by atoms with Crippen molar-refractivity contribution >= 4 is 18.4 Å². The molecular formula is C5H11NO2S. The number of hydrogen-bond donors (Lipinski definition) is 0. The maximum atomic E-state index is 4.78. The summed E-state index contributed by atoms with van der Waals surface area (Å²) in [4.78, 5) is 0. The van der Waals surface area contributed by atoms with Crippen LogP contribution in [0.5, 0.6) is 0 Å². The quantitative estimate of drug-likeness (QED) is 0.255. The number of ether oxygens (including phenoxy) is 1. The van der Waals surface area contributed by atoms with Crippen molar-refractivity contribution in [1.82, 2.24) is 0 Å². The first-order valence-corrected chi connectivity index (χ1v) is 3.32. The van der Waals surface area contributed by atoms with Crippen molar-refractivity contribution in [2.24, 2.45) is 4.40 Å². The molecule has 0 aromatic heterocycles. The van der Waals surface area contributed by atoms with Crippen LogP contribution >= 0.6 is 12.2 Å². The maximum absolute atomic E-state index is 4.78. The topological polar surface area (TPSA) is 30.8 Å². The zero-order chi connectivity index (χ0) is 6.95. The van der Waals surface area contributed by atoms with Gasteiger partial charge in [0.2, 0.25) is 0 Å². The first kappa shape index (κ1) is 8.94. The molecule has 0 saturated heterocycles. The number of hydrogen-bond acceptors (Lipinski definition) is 4. The molecule has 0 atom stereocenters. The molecule has 0 spiro atoms. The van der Waals surface area contributed by atoms with Crippen LogP contribution in [0.4, 0.5) is 0 Å². The Labute approximate surface area is 59.8 Å². The molecule has 0 aromatic rings. The Kier molecular flexibility index (Phi) is 7.89. The van der Waals surface area contributed by atoms with Crippen molar-refractivity contribution in [3.63, 3.8) is 0 Å². The van der Waals surface area contributed by atoms with Gasteiger partial charge < -0.3 is 4.74 Å². The standard InChI is InChI=1S/C5H11NO2S/c1-7-5-3-4-6-9-8-2/h4H,3,5H2,1-2H3. The summed E-state index contributed by atoms with van der Waals surface area (Å²) in [5, 5.41) is 0. The van der Waals surface area contributed by atoms with Crippen LogP contribution in [-0.2, 0) is 8.92 Å². The van der Waals surface area contributed by atoms with E-state index in [1.807, 2.05) is 0 Å². The van der Waals surface area contributed by atoms with Crippen LogP contribution in [0.25, 0.3) is 0 Å². The van der Waals surface area contributed by atoms with Crippen molar-refractivity contribution in [2.75, 3.05) is 20.8 Å². The van der Waals surface area contributed by atoms with E-state index in [-0.39, 0.29) is 0 Å². The van der Waals surface area contributed by atoms with Crippen molar-refractivity contribution in [1.29, 1.82) is 0 Å². The minimum atomic E-state index is 0.716. The fourth-order valence-corrected chi connectivity index (χ4v) is 0.549. The second kappa shape index (κ2) is 7.94. The molecule has 0 unspecified atom stereocenters. The highest BCUT2D eigenvalue weighted by molar-refractivity contribution is 7.93. The van der Waals surface area contributed by atoms with Gasteiger partial charge in [-0.3, -0.25) is 4.18 Å². The Hall–Kier alpha value is -0.0600. The van der Waals surface area contributed by atoms with Crippen LogP contribution in [0.1, 0.15) is 6.42 Å². The third kappa shape index (κ3) is 7.94. The van der Waals surface area contributed by atoms with Crippen LogP contribution in [0.3, 0.4) is 0 Å². The zero-order valence-corrected chi connectivity index (χ0v) is 6.48. The first-order valence-electron chi connectivity index (χ1n) is 2.62. The molecule has 0 aromatic carbocycles. The van der Waals surface area contributed by atoms with Crippen molar-refractivity contribution < 1.29 is 8.92 Å². The summed E-state index contributed by atoms with van der Waals surface area (Å²) in [6, 6.07) is 0. The molecule has 0 heterocycles. The van der Waals surface area contributed by atoms with Crippen LogP contribution in [0, 0.1) is 0 Å². The van der Waals surface area contributed by atoms with E-state index in [1.54, 1.807) is 20.4 Å². The number of methoxy groups -OCH3 is 1. The normalized spacial score (nSPS) is 10.9. The molecule has 0 aliphatic carbocycles. The molecule has 4 heteroatoms. The van der Waals surface area contributed by atoms with Crippen molar-refractivity contribution in [3.8, 4) is 0 Å². The second-order valence-corrected chi connectivity index (χ2v) is 2.00. The Morgan fingerprint density at radius 2 is 2.33 bits per heavy atom. The molecule has 0 rings (SSSR count). The molecular weight excluding hydrogens is 138 g/mol. The Morgan fingerprint density at radius 3 is 2.89 bits per heavy atom. The molecule has 0 aliphatic rings. The Bertz CT molecular complexity index is 77.4. The van der Waals surface area contributed by atoms with E-state index in [4.69, 9.17) is 4.74 Å². The van der Waals surface area contributed by atoms with E-state index in [9.17, 15) is 0 Å². The van der Waals surface area contributed by atoms with Gasteiger partial charge >= 0.3 is 0 Å². The first-order chi connectivity index (χ1) is 4.41. The minimum absolute atomic E-state index is 0.716. The number of nitrogens with zero attached hydrogens (tertiary/aromatic N) is 1. The molecule has 0 saturated carbocycles. The van der Waals surface area contributed by atoms with E-state index in [0.29, 0.717) is 6.61 Å². The van der Waals surface area contributed by atoms with E-state index in [2.05, 4.69) is 8.58 Å². The highest BCUT2D eigenvalue weighted by Crippen LogP contribution is 1.98. The lowest BCUT2D eigenvalue weighted by Gasteiger charge is -1.88. The van der Waals surface area contributed by atoms with Gasteiger partial charge in [0.1, 0.15) is 12.2 Å². The molecule has 9 heavy (non-hydrogen) atoms. The van der Waals surface area contributed by atoms with Gasteiger partial charge in [-0.2, -0.15) is 0 Å². The lowest BCUT2D eigenvalue weighted by molar-refractivity contribution is 0.208. The van der Waals surface area contributed by atoms with E-state index < -0.39 is 0 Å². The summed E-state index contributed by atoms with van der Waals surface area (Å²) < 4.78 is 13.2. The van der Waals surface area contributed by atoms with Gasteiger partial charge in [-0.15, -0.1) is 0 Å². The average molecular weight is 149 g/mol. The van der Waals surface area contributed by atoms with Gasteiger partial charge in [-0.05, 0) is 0 Å². The van der Waals surface area contributed by atoms with E-state index in [1.165, 1.54) is 0 Å². The SMILES string of the molecule is COCCC=NSOC. The van der Waals surface area contributed by atoms with Gasteiger partial charge in [-0.25, -0.2) is 4.40 Å². The van der Waals surface area contributed by atoms with Gasteiger partial charge in [0.25, 0.3) is 0 Å². The predicted octanol–water partition coefficient (Wildman–Crippen LogP) is 1.30. The molecule has 0 radical (unpaired) electrons. The third-order valence-corrected chi connectivity index (χ3v) is 1.03. The molecule has 0 aliphatic heterocycles.